The van der Waals surface area contributed by atoms with Crippen molar-refractivity contribution in [3.05, 3.63) is 48.2 Å². The van der Waals surface area contributed by atoms with Gasteiger partial charge >= 0.3 is 11.8 Å². The van der Waals surface area contributed by atoms with Gasteiger partial charge in [0.2, 0.25) is 5.95 Å². The number of carbonyl (C=O) groups is 2. The summed E-state index contributed by atoms with van der Waals surface area (Å²) in [6, 6.07) is 7.31. The molecule has 2 aliphatic rings. The van der Waals surface area contributed by atoms with E-state index in [-0.39, 0.29) is 19.0 Å². The van der Waals surface area contributed by atoms with Crippen molar-refractivity contribution in [2.75, 3.05) is 38.2 Å². The normalized spacial score (nSPS) is 22.8. The Hall–Kier alpha value is -3.94. The summed E-state index contributed by atoms with van der Waals surface area (Å²) in [7, 11) is 0. The van der Waals surface area contributed by atoms with Crippen molar-refractivity contribution in [2.24, 2.45) is 22.8 Å². The van der Waals surface area contributed by atoms with E-state index in [1.165, 1.54) is 12.1 Å². The molecule has 39 heavy (non-hydrogen) atoms. The molecular weight excluding hydrogens is 509 g/mol. The average Bonchev–Trinajstić information content (AvgIpc) is 3.67. The van der Waals surface area contributed by atoms with Gasteiger partial charge < -0.3 is 36.0 Å². The SMILES string of the molecule is CC1(C(=O)OCC2CC2)COC(C(N)=O)(c2nc(-c3ccc(F)cc3)c(-c3ccnc(NCCN)n3)[nH]2)OC1. The van der Waals surface area contributed by atoms with Crippen LogP contribution in [0.1, 0.15) is 25.6 Å². The van der Waals surface area contributed by atoms with E-state index in [1.54, 1.807) is 31.3 Å². The molecule has 1 saturated heterocycles. The number of amides is 1. The highest BCUT2D eigenvalue weighted by atomic mass is 19.1. The zero-order valence-corrected chi connectivity index (χ0v) is 21.4. The van der Waals surface area contributed by atoms with Crippen LogP contribution in [0, 0.1) is 17.2 Å². The predicted molar refractivity (Wildman–Crippen MR) is 137 cm³/mol. The number of anilines is 1. The highest BCUT2D eigenvalue weighted by molar-refractivity contribution is 5.85. The standard InChI is InChI=1S/C26H30FN7O5/c1-25(23(36)37-12-15-2-3-15)13-38-26(21(29)35,39-14-25)22-33-19(16-4-6-17(27)7-5-16)20(34-22)18-8-10-30-24(32-18)31-11-9-28/h4-8,10,15H,2-3,9,11-14,28H2,1H3,(H2,29,35)(H,33,34)(H,30,31,32). The van der Waals surface area contributed by atoms with E-state index < -0.39 is 28.9 Å². The van der Waals surface area contributed by atoms with Crippen LogP contribution in [0.15, 0.2) is 36.5 Å². The molecule has 13 heteroatoms. The van der Waals surface area contributed by atoms with Gasteiger partial charge in [-0.2, -0.15) is 0 Å². The molecular formula is C26H30FN7O5. The summed E-state index contributed by atoms with van der Waals surface area (Å²) >= 11 is 0. The number of hydrogen-bond donors (Lipinski definition) is 4. The van der Waals surface area contributed by atoms with Gasteiger partial charge in [-0.25, -0.2) is 19.3 Å². The van der Waals surface area contributed by atoms with Crippen molar-refractivity contribution in [1.29, 1.82) is 0 Å². The monoisotopic (exact) mass is 539 g/mol. The van der Waals surface area contributed by atoms with Gasteiger partial charge in [-0.05, 0) is 56.0 Å². The Morgan fingerprint density at radius 3 is 2.54 bits per heavy atom. The number of nitrogens with zero attached hydrogens (tertiary/aromatic N) is 3. The van der Waals surface area contributed by atoms with Crippen molar-refractivity contribution >= 4 is 17.8 Å². The van der Waals surface area contributed by atoms with Crippen LogP contribution in [0.2, 0.25) is 0 Å². The molecule has 1 amide bonds. The van der Waals surface area contributed by atoms with E-state index in [2.05, 4.69) is 25.3 Å². The van der Waals surface area contributed by atoms with Gasteiger partial charge in [0.1, 0.15) is 11.2 Å². The summed E-state index contributed by atoms with van der Waals surface area (Å²) in [6.45, 7) is 2.44. The molecule has 206 valence electrons. The number of H-pyrrole nitrogens is 1. The number of primary amides is 1. The quantitative estimate of drug-likeness (QED) is 0.277. The molecule has 3 heterocycles. The predicted octanol–water partition coefficient (Wildman–Crippen LogP) is 1.69. The highest BCUT2D eigenvalue weighted by Crippen LogP contribution is 2.40. The number of aromatic amines is 1. The minimum absolute atomic E-state index is 0.0483. The number of hydrogen-bond acceptors (Lipinski definition) is 10. The van der Waals surface area contributed by atoms with Crippen LogP contribution in [0.5, 0.6) is 0 Å². The molecule has 0 atom stereocenters. The number of aromatic nitrogens is 4. The smallest absolute Gasteiger partial charge is 0.316 e. The molecule has 12 nitrogen and oxygen atoms in total. The Balaban J connectivity index is 1.50. The molecule has 0 spiro atoms. The summed E-state index contributed by atoms with van der Waals surface area (Å²) in [6.07, 6.45) is 3.62. The van der Waals surface area contributed by atoms with E-state index in [0.717, 1.165) is 12.8 Å². The van der Waals surface area contributed by atoms with Crippen molar-refractivity contribution in [3.63, 3.8) is 0 Å². The zero-order chi connectivity index (χ0) is 27.6. The van der Waals surface area contributed by atoms with E-state index in [4.69, 9.17) is 25.7 Å². The molecule has 0 radical (unpaired) electrons. The van der Waals surface area contributed by atoms with E-state index in [0.29, 0.717) is 54.2 Å². The number of nitrogens with one attached hydrogen (secondary N) is 2. The number of rotatable bonds is 10. The van der Waals surface area contributed by atoms with Crippen LogP contribution >= 0.6 is 0 Å². The third-order valence-corrected chi connectivity index (χ3v) is 6.62. The lowest BCUT2D eigenvalue weighted by Crippen LogP contribution is -2.56. The van der Waals surface area contributed by atoms with Crippen LogP contribution < -0.4 is 16.8 Å². The lowest BCUT2D eigenvalue weighted by molar-refractivity contribution is -0.293. The number of ether oxygens (including phenoxy) is 3. The molecule has 2 fully saturated rings. The molecule has 5 rings (SSSR count). The summed E-state index contributed by atoms with van der Waals surface area (Å²) in [4.78, 5) is 41.9. The zero-order valence-electron chi connectivity index (χ0n) is 21.4. The first-order chi connectivity index (χ1) is 18.7. The molecule has 0 unspecified atom stereocenters. The second-order valence-electron chi connectivity index (χ2n) is 9.96. The van der Waals surface area contributed by atoms with Crippen LogP contribution in [0.4, 0.5) is 10.3 Å². The van der Waals surface area contributed by atoms with E-state index in [1.807, 2.05) is 0 Å². The Kier molecular flexibility index (Phi) is 7.30. The maximum atomic E-state index is 13.7. The molecule has 6 N–H and O–H groups in total. The van der Waals surface area contributed by atoms with E-state index in [9.17, 15) is 14.0 Å². The van der Waals surface area contributed by atoms with Crippen molar-refractivity contribution in [2.45, 2.75) is 25.6 Å². The van der Waals surface area contributed by atoms with Gasteiger partial charge in [0, 0.05) is 24.8 Å². The topological polar surface area (TPSA) is 180 Å². The minimum Gasteiger partial charge on any atom is -0.465 e. The first-order valence-electron chi connectivity index (χ1n) is 12.6. The maximum Gasteiger partial charge on any atom is 0.316 e. The summed E-state index contributed by atoms with van der Waals surface area (Å²) in [5, 5.41) is 3.01. The molecule has 2 aromatic heterocycles. The fraction of sp³-hybridized carbons (Fsp3) is 0.423. The van der Waals surface area contributed by atoms with Crippen LogP contribution in [0.25, 0.3) is 22.6 Å². The first-order valence-corrected chi connectivity index (χ1v) is 12.6. The van der Waals surface area contributed by atoms with Crippen LogP contribution in [0.3, 0.4) is 0 Å². The average molecular weight is 540 g/mol. The lowest BCUT2D eigenvalue weighted by Gasteiger charge is -2.40. The van der Waals surface area contributed by atoms with Crippen molar-refractivity contribution < 1.29 is 28.2 Å². The van der Waals surface area contributed by atoms with Gasteiger partial charge in [-0.3, -0.25) is 9.59 Å². The summed E-state index contributed by atoms with van der Waals surface area (Å²) in [5.41, 5.74) is 11.9. The summed E-state index contributed by atoms with van der Waals surface area (Å²) < 4.78 is 30.9. The van der Waals surface area contributed by atoms with Gasteiger partial charge in [0.15, 0.2) is 5.82 Å². The molecule has 0 bridgehead atoms. The maximum absolute atomic E-state index is 13.7. The first kappa shape index (κ1) is 26.7. The van der Waals surface area contributed by atoms with E-state index >= 15 is 0 Å². The van der Waals surface area contributed by atoms with Crippen molar-refractivity contribution in [1.82, 2.24) is 19.9 Å². The van der Waals surface area contributed by atoms with Gasteiger partial charge in [-0.1, -0.05) is 0 Å². The second kappa shape index (κ2) is 10.7. The van der Waals surface area contributed by atoms with Crippen LogP contribution in [-0.2, 0) is 29.6 Å². The van der Waals surface area contributed by atoms with Gasteiger partial charge in [0.25, 0.3) is 5.91 Å². The third-order valence-electron chi connectivity index (χ3n) is 6.62. The van der Waals surface area contributed by atoms with Gasteiger partial charge in [0.05, 0.1) is 36.9 Å². The minimum atomic E-state index is -2.11. The van der Waals surface area contributed by atoms with Crippen molar-refractivity contribution in [3.8, 4) is 22.6 Å². The molecule has 1 aliphatic carbocycles. The number of esters is 1. The Morgan fingerprint density at radius 1 is 1.18 bits per heavy atom. The number of imidazole rings is 1. The Bertz CT molecular complexity index is 1350. The molecule has 1 aromatic carbocycles. The number of carbonyl (C=O) groups excluding carboxylic acids is 2. The third kappa shape index (κ3) is 5.46. The largest absolute Gasteiger partial charge is 0.465 e. The Labute approximate surface area is 223 Å². The highest BCUT2D eigenvalue weighted by Gasteiger charge is 2.54. The lowest BCUT2D eigenvalue weighted by atomic mass is 9.91. The molecule has 1 saturated carbocycles. The molecule has 1 aliphatic heterocycles. The number of benzene rings is 1. The fourth-order valence-corrected chi connectivity index (χ4v) is 4.07. The van der Waals surface area contributed by atoms with Gasteiger partial charge in [-0.15, -0.1) is 0 Å². The van der Waals surface area contributed by atoms with Crippen LogP contribution in [-0.4, -0.2) is 64.7 Å². The fourth-order valence-electron chi connectivity index (χ4n) is 4.07. The molecule has 3 aromatic rings. The Morgan fingerprint density at radius 2 is 1.90 bits per heavy atom. The summed E-state index contributed by atoms with van der Waals surface area (Å²) in [5.74, 6) is -3.30. The number of nitrogens with two attached hydrogens (primary N) is 2. The second-order valence-corrected chi connectivity index (χ2v) is 9.96. The number of halogens is 1.